The molecule has 1 amide bonds. The van der Waals surface area contributed by atoms with Gasteiger partial charge in [-0.05, 0) is 24.5 Å². The van der Waals surface area contributed by atoms with E-state index in [1.54, 1.807) is 6.20 Å². The van der Waals surface area contributed by atoms with Gasteiger partial charge in [0.25, 0.3) is 0 Å². The maximum absolute atomic E-state index is 11.4. The van der Waals surface area contributed by atoms with E-state index in [-0.39, 0.29) is 17.9 Å². The minimum atomic E-state index is -0.342. The SMILES string of the molecule is CC(C)C(O)CCNC(=O)Cc1ccc[nH]1. The van der Waals surface area contributed by atoms with Gasteiger partial charge < -0.3 is 15.4 Å². The first-order chi connectivity index (χ1) is 7.59. The third-order valence-corrected chi connectivity index (χ3v) is 2.55. The van der Waals surface area contributed by atoms with Gasteiger partial charge in [0.2, 0.25) is 5.91 Å². The smallest absolute Gasteiger partial charge is 0.225 e. The fourth-order valence-corrected chi connectivity index (χ4v) is 1.41. The Morgan fingerprint density at radius 2 is 2.31 bits per heavy atom. The molecule has 1 aromatic rings. The summed E-state index contributed by atoms with van der Waals surface area (Å²) in [4.78, 5) is 14.4. The number of aromatic nitrogens is 1. The van der Waals surface area contributed by atoms with Crippen molar-refractivity contribution >= 4 is 5.91 Å². The van der Waals surface area contributed by atoms with E-state index in [0.717, 1.165) is 5.69 Å². The van der Waals surface area contributed by atoms with Gasteiger partial charge in [0, 0.05) is 18.4 Å². The summed E-state index contributed by atoms with van der Waals surface area (Å²) in [6.07, 6.45) is 2.43. The van der Waals surface area contributed by atoms with Crippen molar-refractivity contribution in [3.05, 3.63) is 24.0 Å². The van der Waals surface area contributed by atoms with Crippen LogP contribution in [0.2, 0.25) is 0 Å². The first-order valence-electron chi connectivity index (χ1n) is 5.66. The maximum atomic E-state index is 11.4. The summed E-state index contributed by atoms with van der Waals surface area (Å²) in [5.74, 6) is 0.221. The van der Waals surface area contributed by atoms with Crippen LogP contribution in [0.1, 0.15) is 26.0 Å². The van der Waals surface area contributed by atoms with E-state index < -0.39 is 0 Å². The van der Waals surface area contributed by atoms with Crippen molar-refractivity contribution in [3.8, 4) is 0 Å². The summed E-state index contributed by atoms with van der Waals surface area (Å²) in [5.41, 5.74) is 0.905. The van der Waals surface area contributed by atoms with Crippen LogP contribution in [0.3, 0.4) is 0 Å². The summed E-state index contributed by atoms with van der Waals surface area (Å²) in [6, 6.07) is 3.74. The molecule has 0 fully saturated rings. The van der Waals surface area contributed by atoms with Gasteiger partial charge in [-0.15, -0.1) is 0 Å². The van der Waals surface area contributed by atoms with Crippen molar-refractivity contribution in [1.82, 2.24) is 10.3 Å². The molecule has 0 saturated carbocycles. The Morgan fingerprint density at radius 3 is 2.88 bits per heavy atom. The van der Waals surface area contributed by atoms with Crippen LogP contribution in [-0.4, -0.2) is 28.6 Å². The Labute approximate surface area is 96.1 Å². The second-order valence-corrected chi connectivity index (χ2v) is 4.32. The van der Waals surface area contributed by atoms with Crippen molar-refractivity contribution in [2.75, 3.05) is 6.54 Å². The molecule has 0 aromatic carbocycles. The molecule has 0 aliphatic heterocycles. The molecule has 4 heteroatoms. The highest BCUT2D eigenvalue weighted by atomic mass is 16.3. The van der Waals surface area contributed by atoms with E-state index in [1.807, 2.05) is 26.0 Å². The number of amides is 1. The van der Waals surface area contributed by atoms with Gasteiger partial charge in [-0.2, -0.15) is 0 Å². The Bertz CT molecular complexity index is 307. The predicted molar refractivity (Wildman–Crippen MR) is 63.0 cm³/mol. The van der Waals surface area contributed by atoms with E-state index in [0.29, 0.717) is 19.4 Å². The highest BCUT2D eigenvalue weighted by Crippen LogP contribution is 2.04. The summed E-state index contributed by atoms with van der Waals surface area (Å²) in [5, 5.41) is 12.3. The molecule has 90 valence electrons. The number of aliphatic hydroxyl groups is 1. The number of H-pyrrole nitrogens is 1. The molecule has 1 unspecified atom stereocenters. The van der Waals surface area contributed by atoms with E-state index in [4.69, 9.17) is 0 Å². The third-order valence-electron chi connectivity index (χ3n) is 2.55. The first kappa shape index (κ1) is 12.8. The lowest BCUT2D eigenvalue weighted by Gasteiger charge is -2.14. The number of rotatable bonds is 6. The molecule has 0 saturated heterocycles. The predicted octanol–water partition coefficient (Wildman–Crippen LogP) is 1.08. The molecule has 0 spiro atoms. The zero-order chi connectivity index (χ0) is 12.0. The van der Waals surface area contributed by atoms with Crippen LogP contribution in [0, 0.1) is 5.92 Å². The van der Waals surface area contributed by atoms with Gasteiger partial charge >= 0.3 is 0 Å². The standard InChI is InChI=1S/C12H20N2O2/c1-9(2)11(15)5-7-14-12(16)8-10-4-3-6-13-10/h3-4,6,9,11,13,15H,5,7-8H2,1-2H3,(H,14,16). The number of aliphatic hydroxyl groups excluding tert-OH is 1. The molecular formula is C12H20N2O2. The molecule has 1 rings (SSSR count). The Morgan fingerprint density at radius 1 is 1.56 bits per heavy atom. The summed E-state index contributed by atoms with van der Waals surface area (Å²) in [7, 11) is 0. The van der Waals surface area contributed by atoms with Crippen LogP contribution in [0.4, 0.5) is 0 Å². The molecule has 0 aliphatic rings. The second-order valence-electron chi connectivity index (χ2n) is 4.32. The average Bonchev–Trinajstić information content (AvgIpc) is 2.70. The van der Waals surface area contributed by atoms with Gasteiger partial charge in [-0.3, -0.25) is 4.79 Å². The highest BCUT2D eigenvalue weighted by Gasteiger charge is 2.09. The Kier molecular flexibility index (Phi) is 5.05. The molecule has 16 heavy (non-hydrogen) atoms. The third kappa shape index (κ3) is 4.49. The molecule has 0 bridgehead atoms. The molecule has 0 aliphatic carbocycles. The van der Waals surface area contributed by atoms with Gasteiger partial charge in [0.15, 0.2) is 0 Å². The fourth-order valence-electron chi connectivity index (χ4n) is 1.41. The maximum Gasteiger partial charge on any atom is 0.225 e. The van der Waals surface area contributed by atoms with Crippen molar-refractivity contribution in [2.24, 2.45) is 5.92 Å². The molecular weight excluding hydrogens is 204 g/mol. The number of aromatic amines is 1. The van der Waals surface area contributed by atoms with E-state index >= 15 is 0 Å². The van der Waals surface area contributed by atoms with Crippen molar-refractivity contribution in [3.63, 3.8) is 0 Å². The minimum absolute atomic E-state index is 0.0154. The average molecular weight is 224 g/mol. The summed E-state index contributed by atoms with van der Waals surface area (Å²) >= 11 is 0. The van der Waals surface area contributed by atoms with Gasteiger partial charge in [-0.1, -0.05) is 13.8 Å². The van der Waals surface area contributed by atoms with Crippen LogP contribution in [-0.2, 0) is 11.2 Å². The zero-order valence-corrected chi connectivity index (χ0v) is 9.86. The number of hydrogen-bond donors (Lipinski definition) is 3. The van der Waals surface area contributed by atoms with Crippen molar-refractivity contribution < 1.29 is 9.90 Å². The highest BCUT2D eigenvalue weighted by molar-refractivity contribution is 5.78. The second kappa shape index (κ2) is 6.33. The van der Waals surface area contributed by atoms with Crippen LogP contribution in [0.15, 0.2) is 18.3 Å². The molecule has 4 nitrogen and oxygen atoms in total. The van der Waals surface area contributed by atoms with Gasteiger partial charge in [0.1, 0.15) is 0 Å². The monoisotopic (exact) mass is 224 g/mol. The number of carbonyl (C=O) groups is 1. The molecule has 3 N–H and O–H groups in total. The number of hydrogen-bond acceptors (Lipinski definition) is 2. The fraction of sp³-hybridized carbons (Fsp3) is 0.583. The van der Waals surface area contributed by atoms with E-state index in [2.05, 4.69) is 10.3 Å². The lowest BCUT2D eigenvalue weighted by atomic mass is 10.0. The van der Waals surface area contributed by atoms with Crippen LogP contribution >= 0.6 is 0 Å². The Hall–Kier alpha value is -1.29. The zero-order valence-electron chi connectivity index (χ0n) is 9.86. The first-order valence-corrected chi connectivity index (χ1v) is 5.66. The van der Waals surface area contributed by atoms with E-state index in [9.17, 15) is 9.90 Å². The molecule has 1 heterocycles. The van der Waals surface area contributed by atoms with Crippen molar-refractivity contribution in [2.45, 2.75) is 32.8 Å². The quantitative estimate of drug-likeness (QED) is 0.677. The number of nitrogens with one attached hydrogen (secondary N) is 2. The topological polar surface area (TPSA) is 65.1 Å². The number of carbonyl (C=O) groups excluding carboxylic acids is 1. The van der Waals surface area contributed by atoms with E-state index in [1.165, 1.54) is 0 Å². The molecule has 0 radical (unpaired) electrons. The largest absolute Gasteiger partial charge is 0.393 e. The summed E-state index contributed by atoms with van der Waals surface area (Å²) in [6.45, 7) is 4.45. The molecule has 1 aromatic heterocycles. The van der Waals surface area contributed by atoms with Gasteiger partial charge in [-0.25, -0.2) is 0 Å². The summed E-state index contributed by atoms with van der Waals surface area (Å²) < 4.78 is 0. The van der Waals surface area contributed by atoms with Crippen molar-refractivity contribution in [1.29, 1.82) is 0 Å². The lowest BCUT2D eigenvalue weighted by molar-refractivity contribution is -0.120. The normalized spacial score (nSPS) is 12.8. The Balaban J connectivity index is 2.16. The van der Waals surface area contributed by atoms with Gasteiger partial charge in [0.05, 0.1) is 12.5 Å². The van der Waals surface area contributed by atoms with Crippen LogP contribution < -0.4 is 5.32 Å². The minimum Gasteiger partial charge on any atom is -0.393 e. The van der Waals surface area contributed by atoms with Crippen LogP contribution in [0.25, 0.3) is 0 Å². The molecule has 1 atom stereocenters. The van der Waals surface area contributed by atoms with Crippen LogP contribution in [0.5, 0.6) is 0 Å². The lowest BCUT2D eigenvalue weighted by Crippen LogP contribution is -2.29.